The minimum Gasteiger partial charge on any atom is -0.493 e. The van der Waals surface area contributed by atoms with Crippen molar-refractivity contribution in [3.05, 3.63) is 23.8 Å². The Morgan fingerprint density at radius 1 is 1.36 bits per heavy atom. The molecule has 0 spiro atoms. The highest BCUT2D eigenvalue weighted by Gasteiger charge is 2.25. The van der Waals surface area contributed by atoms with E-state index in [4.69, 9.17) is 9.47 Å². The minimum absolute atomic E-state index is 0.00665. The minimum atomic E-state index is -0.00665. The summed E-state index contributed by atoms with van der Waals surface area (Å²) in [4.78, 5) is 25.1. The van der Waals surface area contributed by atoms with Crippen LogP contribution in [0.1, 0.15) is 43.0 Å². The second kappa shape index (κ2) is 7.82. The van der Waals surface area contributed by atoms with Gasteiger partial charge in [0.2, 0.25) is 0 Å². The fourth-order valence-corrected chi connectivity index (χ4v) is 2.85. The van der Waals surface area contributed by atoms with Gasteiger partial charge in [0.25, 0.3) is 5.91 Å². The Bertz CT molecular complexity index is 529. The van der Waals surface area contributed by atoms with Crippen molar-refractivity contribution >= 4 is 12.2 Å². The molecule has 2 rings (SSSR count). The summed E-state index contributed by atoms with van der Waals surface area (Å²) < 4.78 is 10.8. The number of hydrogen-bond acceptors (Lipinski definition) is 4. The number of ether oxygens (including phenoxy) is 2. The summed E-state index contributed by atoms with van der Waals surface area (Å²) in [6.45, 7) is 2.91. The van der Waals surface area contributed by atoms with E-state index in [9.17, 15) is 9.59 Å². The Balaban J connectivity index is 1.99. The van der Waals surface area contributed by atoms with Crippen molar-refractivity contribution in [1.29, 1.82) is 0 Å². The summed E-state index contributed by atoms with van der Waals surface area (Å²) in [6, 6.07) is 5.22. The number of carbonyl (C=O) groups excluding carboxylic acids is 2. The number of likely N-dealkylation sites (tertiary alicyclic amines) is 1. The molecule has 0 saturated carbocycles. The van der Waals surface area contributed by atoms with E-state index in [2.05, 4.69) is 6.92 Å². The number of rotatable bonds is 6. The smallest absolute Gasteiger partial charge is 0.260 e. The number of aldehydes is 1. The molecule has 0 radical (unpaired) electrons. The highest BCUT2D eigenvalue weighted by molar-refractivity contribution is 5.79. The van der Waals surface area contributed by atoms with Crippen LogP contribution in [0.5, 0.6) is 11.5 Å². The number of hydrogen-bond donors (Lipinski definition) is 0. The van der Waals surface area contributed by atoms with E-state index in [0.29, 0.717) is 23.1 Å². The van der Waals surface area contributed by atoms with Crippen LogP contribution in [0.25, 0.3) is 0 Å². The molecule has 1 saturated heterocycles. The van der Waals surface area contributed by atoms with Crippen molar-refractivity contribution in [2.24, 2.45) is 0 Å². The molecule has 1 fully saturated rings. The number of piperidine rings is 1. The molecule has 120 valence electrons. The zero-order chi connectivity index (χ0) is 15.9. The van der Waals surface area contributed by atoms with Crippen molar-refractivity contribution in [3.8, 4) is 11.5 Å². The molecule has 1 unspecified atom stereocenters. The molecule has 22 heavy (non-hydrogen) atoms. The van der Waals surface area contributed by atoms with Crippen molar-refractivity contribution < 1.29 is 19.1 Å². The van der Waals surface area contributed by atoms with E-state index < -0.39 is 0 Å². The highest BCUT2D eigenvalue weighted by atomic mass is 16.5. The van der Waals surface area contributed by atoms with Gasteiger partial charge in [-0.25, -0.2) is 0 Å². The average Bonchev–Trinajstić information content (AvgIpc) is 2.59. The van der Waals surface area contributed by atoms with Gasteiger partial charge in [0.15, 0.2) is 18.1 Å². The predicted octanol–water partition coefficient (Wildman–Crippen LogP) is 2.68. The monoisotopic (exact) mass is 305 g/mol. The lowest BCUT2D eigenvalue weighted by Gasteiger charge is -2.35. The standard InChI is InChI=1S/C17H23NO4/c1-3-14-6-4-5-9-18(14)17(20)12-22-15-8-7-13(11-19)10-16(15)21-2/h7-8,10-11,14H,3-6,9,12H2,1-2H3. The van der Waals surface area contributed by atoms with E-state index in [1.54, 1.807) is 18.2 Å². The van der Waals surface area contributed by atoms with Crippen LogP contribution in [-0.4, -0.2) is 43.4 Å². The Kier molecular flexibility index (Phi) is 5.81. The van der Waals surface area contributed by atoms with Crippen molar-refractivity contribution in [2.75, 3.05) is 20.3 Å². The quantitative estimate of drug-likeness (QED) is 0.758. The topological polar surface area (TPSA) is 55.8 Å². The first kappa shape index (κ1) is 16.3. The fraction of sp³-hybridized carbons (Fsp3) is 0.529. The van der Waals surface area contributed by atoms with Gasteiger partial charge in [0.1, 0.15) is 6.29 Å². The van der Waals surface area contributed by atoms with Crippen LogP contribution in [0.15, 0.2) is 18.2 Å². The number of amides is 1. The van der Waals surface area contributed by atoms with E-state index in [0.717, 1.165) is 32.1 Å². The second-order valence-electron chi connectivity index (χ2n) is 5.46. The van der Waals surface area contributed by atoms with Gasteiger partial charge in [0, 0.05) is 18.2 Å². The molecule has 0 aromatic heterocycles. The lowest BCUT2D eigenvalue weighted by Crippen LogP contribution is -2.45. The van der Waals surface area contributed by atoms with Crippen LogP contribution in [0.4, 0.5) is 0 Å². The van der Waals surface area contributed by atoms with E-state index in [-0.39, 0.29) is 12.5 Å². The second-order valence-corrected chi connectivity index (χ2v) is 5.46. The van der Waals surface area contributed by atoms with Crippen LogP contribution in [0, 0.1) is 0 Å². The molecule has 1 heterocycles. The fourth-order valence-electron chi connectivity index (χ4n) is 2.85. The normalized spacial score (nSPS) is 17.9. The highest BCUT2D eigenvalue weighted by Crippen LogP contribution is 2.28. The molecular weight excluding hydrogens is 282 g/mol. The van der Waals surface area contributed by atoms with Crippen LogP contribution >= 0.6 is 0 Å². The summed E-state index contributed by atoms with van der Waals surface area (Å²) >= 11 is 0. The molecule has 1 atom stereocenters. The molecule has 1 aromatic rings. The van der Waals surface area contributed by atoms with Gasteiger partial charge in [-0.2, -0.15) is 0 Å². The Labute approximate surface area is 131 Å². The summed E-state index contributed by atoms with van der Waals surface area (Å²) in [6.07, 6.45) is 5.03. The SMILES string of the molecule is CCC1CCCCN1C(=O)COc1ccc(C=O)cc1OC. The summed E-state index contributed by atoms with van der Waals surface area (Å²) in [5.41, 5.74) is 0.512. The van der Waals surface area contributed by atoms with Gasteiger partial charge in [0.05, 0.1) is 7.11 Å². The first-order valence-electron chi connectivity index (χ1n) is 7.75. The molecule has 0 bridgehead atoms. The van der Waals surface area contributed by atoms with Crippen molar-refractivity contribution in [1.82, 2.24) is 4.90 Å². The van der Waals surface area contributed by atoms with Gasteiger partial charge < -0.3 is 14.4 Å². The number of carbonyl (C=O) groups is 2. The molecule has 1 aliphatic heterocycles. The molecule has 0 N–H and O–H groups in total. The van der Waals surface area contributed by atoms with Crippen LogP contribution in [0.3, 0.4) is 0 Å². The van der Waals surface area contributed by atoms with Crippen LogP contribution in [-0.2, 0) is 4.79 Å². The zero-order valence-corrected chi connectivity index (χ0v) is 13.2. The summed E-state index contributed by atoms with van der Waals surface area (Å²) in [5.74, 6) is 0.947. The van der Waals surface area contributed by atoms with Crippen LogP contribution < -0.4 is 9.47 Å². The first-order valence-corrected chi connectivity index (χ1v) is 7.75. The number of methoxy groups -OCH3 is 1. The maximum absolute atomic E-state index is 12.4. The Morgan fingerprint density at radius 3 is 2.86 bits per heavy atom. The van der Waals surface area contributed by atoms with Gasteiger partial charge in [-0.05, 0) is 43.9 Å². The Morgan fingerprint density at radius 2 is 2.18 bits per heavy atom. The lowest BCUT2D eigenvalue weighted by molar-refractivity contribution is -0.137. The van der Waals surface area contributed by atoms with E-state index in [1.165, 1.54) is 13.5 Å². The molecule has 1 aliphatic rings. The molecule has 1 amide bonds. The van der Waals surface area contributed by atoms with Gasteiger partial charge in [-0.15, -0.1) is 0 Å². The maximum atomic E-state index is 12.4. The number of benzene rings is 1. The maximum Gasteiger partial charge on any atom is 0.260 e. The molecule has 5 heteroatoms. The summed E-state index contributed by atoms with van der Waals surface area (Å²) in [7, 11) is 1.51. The molecule has 0 aliphatic carbocycles. The van der Waals surface area contributed by atoms with Crippen molar-refractivity contribution in [3.63, 3.8) is 0 Å². The third-order valence-electron chi connectivity index (χ3n) is 4.09. The van der Waals surface area contributed by atoms with Crippen molar-refractivity contribution in [2.45, 2.75) is 38.6 Å². The van der Waals surface area contributed by atoms with Gasteiger partial charge in [-0.1, -0.05) is 6.92 Å². The lowest BCUT2D eigenvalue weighted by atomic mass is 10.00. The zero-order valence-electron chi connectivity index (χ0n) is 13.2. The van der Waals surface area contributed by atoms with Gasteiger partial charge >= 0.3 is 0 Å². The third kappa shape index (κ3) is 3.78. The first-order chi connectivity index (χ1) is 10.7. The Hall–Kier alpha value is -2.04. The largest absolute Gasteiger partial charge is 0.493 e. The predicted molar refractivity (Wildman–Crippen MR) is 83.5 cm³/mol. The van der Waals surface area contributed by atoms with Gasteiger partial charge in [-0.3, -0.25) is 9.59 Å². The number of nitrogens with zero attached hydrogens (tertiary/aromatic N) is 1. The molecule has 5 nitrogen and oxygen atoms in total. The molecule has 1 aromatic carbocycles. The average molecular weight is 305 g/mol. The van der Waals surface area contributed by atoms with Crippen LogP contribution in [0.2, 0.25) is 0 Å². The molecular formula is C17H23NO4. The van der Waals surface area contributed by atoms with E-state index in [1.807, 2.05) is 4.90 Å². The summed E-state index contributed by atoms with van der Waals surface area (Å²) in [5, 5.41) is 0. The third-order valence-corrected chi connectivity index (χ3v) is 4.09. The van der Waals surface area contributed by atoms with E-state index >= 15 is 0 Å².